The molecule has 0 fully saturated rings. The summed E-state index contributed by atoms with van der Waals surface area (Å²) < 4.78 is 2.25. The van der Waals surface area contributed by atoms with E-state index in [1.807, 2.05) is 87.6 Å². The Morgan fingerprint density at radius 1 is 0.606 bits per heavy atom. The van der Waals surface area contributed by atoms with Crippen LogP contribution in [0.3, 0.4) is 0 Å². The van der Waals surface area contributed by atoms with Crippen LogP contribution in [0.15, 0.2) is 242 Å². The molecular formula is C62H59N2OS+. The van der Waals surface area contributed by atoms with E-state index in [2.05, 4.69) is 188 Å². The van der Waals surface area contributed by atoms with Crippen molar-refractivity contribution in [3.05, 3.63) is 248 Å². The third kappa shape index (κ3) is 12.8. The monoisotopic (exact) mass is 879 g/mol. The Balaban J connectivity index is 0.000000286. The maximum absolute atomic E-state index is 11.4. The summed E-state index contributed by atoms with van der Waals surface area (Å²) in [6.07, 6.45) is 34.0. The highest BCUT2D eigenvalue weighted by molar-refractivity contribution is 7.98. The fourth-order valence-electron chi connectivity index (χ4n) is 7.70. The van der Waals surface area contributed by atoms with Crippen molar-refractivity contribution >= 4 is 58.2 Å². The molecule has 0 aromatic heterocycles. The molecule has 1 N–H and O–H groups in total. The molecule has 0 saturated carbocycles. The van der Waals surface area contributed by atoms with Crippen LogP contribution in [0.4, 0.5) is 22.7 Å². The molecule has 0 atom stereocenters. The van der Waals surface area contributed by atoms with Crippen LogP contribution in [-0.2, 0) is 4.79 Å². The molecule has 0 aliphatic carbocycles. The Morgan fingerprint density at radius 3 is 2.08 bits per heavy atom. The van der Waals surface area contributed by atoms with E-state index in [1.54, 1.807) is 17.8 Å². The summed E-state index contributed by atoms with van der Waals surface area (Å²) in [5.41, 5.74) is 17.1. The molecule has 1 heterocycles. The Labute approximate surface area is 397 Å². The number of benzene rings is 6. The summed E-state index contributed by atoms with van der Waals surface area (Å²) in [6, 6.07) is 49.1. The minimum absolute atomic E-state index is 0.826. The van der Waals surface area contributed by atoms with E-state index in [0.717, 1.165) is 40.8 Å². The van der Waals surface area contributed by atoms with Crippen LogP contribution in [0.1, 0.15) is 45.2 Å². The summed E-state index contributed by atoms with van der Waals surface area (Å²) in [5.74, 6) is 0. The van der Waals surface area contributed by atoms with Gasteiger partial charge in [0.15, 0.2) is 6.21 Å². The normalized spacial score (nSPS) is 13.5. The largest absolute Gasteiger partial charge is 0.356 e. The van der Waals surface area contributed by atoms with Gasteiger partial charge in [-0.1, -0.05) is 158 Å². The standard InChI is InChI=1S/C42H39N2O.C20H20S/c1-4-6-8-10-15-32(3)29-36(26-28-45)34-16-14-17-38(30-34)43-37-23-20-33(21-24-37)35-22-25-42-40(31-35)39-18-11-12-19-41(39)44(42)27-13-9-7-5-2;1-4-9-16(10-5-2)18-13-14-20(21-3)19(15-18)17-11-7-6-8-12-17/h4-14,16-31,43H,15H2,1-3H3;4-15H,1H2,2-3H3/q+1;/b6-4-,7-5-,10-8-,13-9-,32-29+,36-26+,44-27?;10-5-,16-9+. The van der Waals surface area contributed by atoms with Crippen molar-refractivity contribution in [2.45, 2.75) is 39.0 Å². The van der Waals surface area contributed by atoms with Crippen molar-refractivity contribution in [1.29, 1.82) is 0 Å². The van der Waals surface area contributed by atoms with Gasteiger partial charge in [-0.05, 0) is 146 Å². The maximum Gasteiger partial charge on any atom is 0.219 e. The van der Waals surface area contributed by atoms with E-state index in [4.69, 9.17) is 0 Å². The Kier molecular flexibility index (Phi) is 18.2. The minimum atomic E-state index is 0.826. The first-order valence-corrected chi connectivity index (χ1v) is 23.6. The Morgan fingerprint density at radius 2 is 1.33 bits per heavy atom. The lowest BCUT2D eigenvalue weighted by Crippen LogP contribution is -2.00. The molecule has 6 aromatic carbocycles. The number of aldehydes is 1. The van der Waals surface area contributed by atoms with Crippen LogP contribution in [0.2, 0.25) is 0 Å². The number of para-hydroxylation sites is 1. The van der Waals surface area contributed by atoms with Gasteiger partial charge in [0.25, 0.3) is 0 Å². The van der Waals surface area contributed by atoms with Crippen molar-refractivity contribution in [2.24, 2.45) is 0 Å². The van der Waals surface area contributed by atoms with E-state index in [9.17, 15) is 4.79 Å². The van der Waals surface area contributed by atoms with Crippen molar-refractivity contribution < 1.29 is 4.79 Å². The van der Waals surface area contributed by atoms with Gasteiger partial charge < -0.3 is 5.32 Å². The third-order valence-electron chi connectivity index (χ3n) is 10.9. The molecule has 0 unspecified atom stereocenters. The number of nitrogens with one attached hydrogen (secondary N) is 1. The van der Waals surface area contributed by atoms with Gasteiger partial charge in [0, 0.05) is 34.5 Å². The maximum atomic E-state index is 11.4. The summed E-state index contributed by atoms with van der Waals surface area (Å²) >= 11 is 1.78. The molecule has 3 nitrogen and oxygen atoms in total. The highest BCUT2D eigenvalue weighted by Crippen LogP contribution is 2.46. The second-order valence-electron chi connectivity index (χ2n) is 15.5. The lowest BCUT2D eigenvalue weighted by Gasteiger charge is -2.11. The Bertz CT molecular complexity index is 2900. The van der Waals surface area contributed by atoms with Crippen LogP contribution in [0, 0.1) is 0 Å². The molecule has 1 aliphatic heterocycles. The van der Waals surface area contributed by atoms with Gasteiger partial charge in [-0.2, -0.15) is 4.58 Å². The number of rotatable bonds is 16. The summed E-state index contributed by atoms with van der Waals surface area (Å²) in [6.45, 7) is 11.9. The van der Waals surface area contributed by atoms with Gasteiger partial charge in [-0.15, -0.1) is 11.8 Å². The van der Waals surface area contributed by atoms with Crippen molar-refractivity contribution in [1.82, 2.24) is 4.58 Å². The van der Waals surface area contributed by atoms with E-state index in [-0.39, 0.29) is 0 Å². The molecule has 0 radical (unpaired) electrons. The topological polar surface area (TPSA) is 32.1 Å². The molecule has 0 spiro atoms. The number of allylic oxidation sites excluding steroid dienone is 17. The van der Waals surface area contributed by atoms with Gasteiger partial charge in [-0.25, -0.2) is 0 Å². The molecular weight excluding hydrogens is 821 g/mol. The number of hydrogen-bond acceptors (Lipinski definition) is 3. The van der Waals surface area contributed by atoms with Gasteiger partial charge in [0.2, 0.25) is 11.4 Å². The van der Waals surface area contributed by atoms with E-state index in [1.165, 1.54) is 60.8 Å². The zero-order chi connectivity index (χ0) is 46.5. The van der Waals surface area contributed by atoms with E-state index in [0.29, 0.717) is 0 Å². The average Bonchev–Trinajstić information content (AvgIpc) is 3.67. The highest BCUT2D eigenvalue weighted by atomic mass is 32.2. The van der Waals surface area contributed by atoms with Crippen LogP contribution < -0.4 is 9.89 Å². The zero-order valence-electron chi connectivity index (χ0n) is 38.7. The summed E-state index contributed by atoms with van der Waals surface area (Å²) in [4.78, 5) is 12.7. The van der Waals surface area contributed by atoms with Gasteiger partial charge in [0.05, 0.1) is 11.1 Å². The first-order chi connectivity index (χ1) is 32.4. The van der Waals surface area contributed by atoms with Crippen LogP contribution in [-0.4, -0.2) is 18.8 Å². The average molecular weight is 880 g/mol. The lowest BCUT2D eigenvalue weighted by atomic mass is 9.98. The molecule has 66 heavy (non-hydrogen) atoms. The third-order valence-corrected chi connectivity index (χ3v) is 11.6. The van der Waals surface area contributed by atoms with Gasteiger partial charge in [-0.3, -0.25) is 4.79 Å². The van der Waals surface area contributed by atoms with Gasteiger partial charge in [0.1, 0.15) is 6.29 Å². The number of thioether (sulfide) groups is 1. The van der Waals surface area contributed by atoms with E-state index < -0.39 is 0 Å². The lowest BCUT2D eigenvalue weighted by molar-refractivity contribution is -0.104. The molecule has 7 rings (SSSR count). The van der Waals surface area contributed by atoms with Crippen LogP contribution in [0.25, 0.3) is 44.5 Å². The highest BCUT2D eigenvalue weighted by Gasteiger charge is 2.31. The predicted molar refractivity (Wildman–Crippen MR) is 292 cm³/mol. The number of fused-ring (bicyclic) bond motifs is 3. The number of nitrogens with zero attached hydrogens (tertiary/aromatic N) is 1. The van der Waals surface area contributed by atoms with E-state index >= 15 is 0 Å². The molecule has 0 saturated heterocycles. The second-order valence-corrected chi connectivity index (χ2v) is 16.4. The smallest absolute Gasteiger partial charge is 0.219 e. The van der Waals surface area contributed by atoms with Crippen molar-refractivity contribution in [3.63, 3.8) is 0 Å². The summed E-state index contributed by atoms with van der Waals surface area (Å²) in [7, 11) is 0. The zero-order valence-corrected chi connectivity index (χ0v) is 39.5. The molecule has 0 amide bonds. The first kappa shape index (κ1) is 47.9. The molecule has 0 bridgehead atoms. The molecule has 6 aromatic rings. The quantitative estimate of drug-likeness (QED) is 0.0345. The minimum Gasteiger partial charge on any atom is -0.356 e. The van der Waals surface area contributed by atoms with Crippen molar-refractivity contribution in [2.75, 3.05) is 11.6 Å². The van der Waals surface area contributed by atoms with Gasteiger partial charge >= 0.3 is 0 Å². The number of carbonyl (C=O) groups is 1. The van der Waals surface area contributed by atoms with Crippen molar-refractivity contribution in [3.8, 4) is 33.4 Å². The van der Waals surface area contributed by atoms with Crippen LogP contribution >= 0.6 is 11.8 Å². The summed E-state index contributed by atoms with van der Waals surface area (Å²) in [5, 5.41) is 3.53. The number of carbonyl (C=O) groups excluding carboxylic acids is 1. The number of anilines is 2. The molecule has 4 heteroatoms. The molecule has 1 aliphatic rings. The van der Waals surface area contributed by atoms with Crippen LogP contribution in [0.5, 0.6) is 0 Å². The predicted octanol–water partition coefficient (Wildman–Crippen LogP) is 17.4. The molecule has 328 valence electrons. The number of hydrogen-bond donors (Lipinski definition) is 1. The second kappa shape index (κ2) is 25.1. The Hall–Kier alpha value is -7.53. The fourth-order valence-corrected chi connectivity index (χ4v) is 8.30. The fraction of sp³-hybridized carbons (Fsp3) is 0.0968. The first-order valence-electron chi connectivity index (χ1n) is 22.3. The SMILES string of the molecule is C/C=C\C=C/C=[N+]1c2ccccc2-c2cc(-c3ccc(Nc4cccc(C(/C=C(\C)C/C=C\C=C/C)=C/C=O)c4)cc3)ccc21.C=C/C=C(\C=C/C)c1ccc(SC)c(-c2ccccc2)c1.